The Morgan fingerprint density at radius 1 is 1.35 bits per heavy atom. The first-order valence-corrected chi connectivity index (χ1v) is 6.11. The second-order valence-electron chi connectivity index (χ2n) is 4.44. The Hall–Kier alpha value is -1.51. The lowest BCUT2D eigenvalue weighted by molar-refractivity contribution is 0.0697. The molecule has 0 unspecified atom stereocenters. The van der Waals surface area contributed by atoms with E-state index in [0.717, 1.165) is 17.8 Å². The second-order valence-corrected chi connectivity index (χ2v) is 4.44. The summed E-state index contributed by atoms with van der Waals surface area (Å²) >= 11 is 0. The molecule has 0 aliphatic carbocycles. The maximum atomic E-state index is 10.8. The first-order chi connectivity index (χ1) is 8.06. The zero-order chi connectivity index (χ0) is 12.8. The molecule has 0 fully saturated rings. The van der Waals surface area contributed by atoms with E-state index in [1.165, 1.54) is 19.3 Å². The molecule has 0 saturated carbocycles. The Morgan fingerprint density at radius 2 is 2.06 bits per heavy atom. The lowest BCUT2D eigenvalue weighted by atomic mass is 10.1. The van der Waals surface area contributed by atoms with Gasteiger partial charge in [0.25, 0.3) is 0 Å². The van der Waals surface area contributed by atoms with E-state index in [2.05, 4.69) is 18.9 Å². The van der Waals surface area contributed by atoms with Crippen LogP contribution in [0.5, 0.6) is 0 Å². The average Bonchev–Trinajstić information content (AvgIpc) is 2.28. The van der Waals surface area contributed by atoms with Crippen molar-refractivity contribution in [3.8, 4) is 0 Å². The van der Waals surface area contributed by atoms with Gasteiger partial charge in [-0.1, -0.05) is 19.8 Å². The number of carboxylic acid groups (broad SMARTS) is 1. The molecule has 1 rings (SSSR count). The van der Waals surface area contributed by atoms with Crippen LogP contribution in [0.2, 0.25) is 0 Å². The minimum Gasteiger partial charge on any atom is -0.478 e. The van der Waals surface area contributed by atoms with Crippen molar-refractivity contribution in [2.75, 3.05) is 18.5 Å². The molecule has 0 saturated heterocycles. The van der Waals surface area contributed by atoms with Gasteiger partial charge in [-0.25, -0.2) is 4.79 Å². The molecule has 0 heterocycles. The van der Waals surface area contributed by atoms with Crippen LogP contribution < -0.4 is 4.90 Å². The maximum absolute atomic E-state index is 10.8. The number of aryl methyl sites for hydroxylation is 1. The van der Waals surface area contributed by atoms with Crippen LogP contribution in [-0.4, -0.2) is 24.7 Å². The number of hydrogen-bond acceptors (Lipinski definition) is 2. The van der Waals surface area contributed by atoms with Crippen molar-refractivity contribution >= 4 is 11.7 Å². The summed E-state index contributed by atoms with van der Waals surface area (Å²) in [6.45, 7) is 5.16. The number of unbranched alkanes of at least 4 members (excludes halogenated alkanes) is 2. The summed E-state index contributed by atoms with van der Waals surface area (Å²) in [5.41, 5.74) is 2.49. The third-order valence-corrected chi connectivity index (χ3v) is 2.95. The smallest absolute Gasteiger partial charge is 0.335 e. The number of nitrogens with zero attached hydrogens (tertiary/aromatic N) is 1. The molecule has 0 aliphatic rings. The van der Waals surface area contributed by atoms with E-state index in [-0.39, 0.29) is 0 Å². The topological polar surface area (TPSA) is 40.5 Å². The standard InChI is InChI=1S/C14H21NO2/c1-4-5-6-9-15(3)13-8-7-12(14(16)17)10-11(13)2/h7-8,10H,4-6,9H2,1-3H3,(H,16,17). The van der Waals surface area contributed by atoms with Crippen LogP contribution in [0.25, 0.3) is 0 Å². The van der Waals surface area contributed by atoms with Gasteiger partial charge < -0.3 is 10.0 Å². The first-order valence-electron chi connectivity index (χ1n) is 6.11. The number of aromatic carboxylic acids is 1. The Balaban J connectivity index is 2.74. The van der Waals surface area contributed by atoms with E-state index >= 15 is 0 Å². The van der Waals surface area contributed by atoms with Crippen LogP contribution in [0.1, 0.15) is 42.1 Å². The van der Waals surface area contributed by atoms with Gasteiger partial charge in [-0.2, -0.15) is 0 Å². The van der Waals surface area contributed by atoms with Crippen molar-refractivity contribution in [1.82, 2.24) is 0 Å². The van der Waals surface area contributed by atoms with Crippen LogP contribution in [0.3, 0.4) is 0 Å². The van der Waals surface area contributed by atoms with Gasteiger partial charge in [0.05, 0.1) is 5.56 Å². The van der Waals surface area contributed by atoms with E-state index in [1.54, 1.807) is 12.1 Å². The molecule has 0 aliphatic heterocycles. The summed E-state index contributed by atoms with van der Waals surface area (Å²) in [7, 11) is 2.05. The Bertz CT molecular complexity index is 388. The van der Waals surface area contributed by atoms with Crippen molar-refractivity contribution in [1.29, 1.82) is 0 Å². The van der Waals surface area contributed by atoms with Gasteiger partial charge in [0.1, 0.15) is 0 Å². The fourth-order valence-electron chi connectivity index (χ4n) is 1.94. The van der Waals surface area contributed by atoms with Crippen LogP contribution >= 0.6 is 0 Å². The predicted octanol–water partition coefficient (Wildman–Crippen LogP) is 3.32. The highest BCUT2D eigenvalue weighted by Crippen LogP contribution is 2.20. The molecule has 0 spiro atoms. The molecule has 0 radical (unpaired) electrons. The molecule has 0 amide bonds. The summed E-state index contributed by atoms with van der Waals surface area (Å²) in [5.74, 6) is -0.867. The summed E-state index contributed by atoms with van der Waals surface area (Å²) < 4.78 is 0. The van der Waals surface area contributed by atoms with Crippen LogP contribution in [-0.2, 0) is 0 Å². The molecule has 0 aromatic heterocycles. The molecule has 94 valence electrons. The number of hydrogen-bond donors (Lipinski definition) is 1. The van der Waals surface area contributed by atoms with Crippen molar-refractivity contribution in [3.05, 3.63) is 29.3 Å². The Kier molecular flexibility index (Phi) is 5.01. The van der Waals surface area contributed by atoms with Crippen molar-refractivity contribution < 1.29 is 9.90 Å². The van der Waals surface area contributed by atoms with Gasteiger partial charge in [0.2, 0.25) is 0 Å². The Labute approximate surface area is 103 Å². The highest BCUT2D eigenvalue weighted by atomic mass is 16.4. The summed E-state index contributed by atoms with van der Waals surface area (Å²) in [4.78, 5) is 13.0. The Morgan fingerprint density at radius 3 is 2.59 bits per heavy atom. The molecule has 0 bridgehead atoms. The SMILES string of the molecule is CCCCCN(C)c1ccc(C(=O)O)cc1C. The monoisotopic (exact) mass is 235 g/mol. The summed E-state index contributed by atoms with van der Waals surface area (Å²) in [6, 6.07) is 5.29. The van der Waals surface area contributed by atoms with Crippen LogP contribution in [0.15, 0.2) is 18.2 Å². The lowest BCUT2D eigenvalue weighted by Gasteiger charge is -2.21. The van der Waals surface area contributed by atoms with Gasteiger partial charge in [-0.15, -0.1) is 0 Å². The average molecular weight is 235 g/mol. The molecule has 1 aromatic carbocycles. The quantitative estimate of drug-likeness (QED) is 0.769. The molecule has 0 atom stereocenters. The van der Waals surface area contributed by atoms with E-state index in [0.29, 0.717) is 5.56 Å². The van der Waals surface area contributed by atoms with Gasteiger partial charge in [0, 0.05) is 19.3 Å². The highest BCUT2D eigenvalue weighted by Gasteiger charge is 2.08. The fourth-order valence-corrected chi connectivity index (χ4v) is 1.94. The minimum atomic E-state index is -0.867. The molecule has 1 aromatic rings. The number of carbonyl (C=O) groups is 1. The molecule has 17 heavy (non-hydrogen) atoms. The largest absolute Gasteiger partial charge is 0.478 e. The minimum absolute atomic E-state index is 0.355. The van der Waals surface area contributed by atoms with Gasteiger partial charge in [-0.3, -0.25) is 0 Å². The van der Waals surface area contributed by atoms with E-state index in [1.807, 2.05) is 13.0 Å². The molecule has 3 nitrogen and oxygen atoms in total. The first kappa shape index (κ1) is 13.6. The zero-order valence-corrected chi connectivity index (χ0v) is 10.9. The number of benzene rings is 1. The van der Waals surface area contributed by atoms with E-state index < -0.39 is 5.97 Å². The normalized spacial score (nSPS) is 10.3. The fraction of sp³-hybridized carbons (Fsp3) is 0.500. The van der Waals surface area contributed by atoms with Crippen molar-refractivity contribution in [3.63, 3.8) is 0 Å². The molecule has 3 heteroatoms. The predicted molar refractivity (Wildman–Crippen MR) is 70.9 cm³/mol. The zero-order valence-electron chi connectivity index (χ0n) is 10.9. The van der Waals surface area contributed by atoms with Crippen LogP contribution in [0.4, 0.5) is 5.69 Å². The third kappa shape index (κ3) is 3.77. The summed E-state index contributed by atoms with van der Waals surface area (Å²) in [5, 5.41) is 8.90. The maximum Gasteiger partial charge on any atom is 0.335 e. The summed E-state index contributed by atoms with van der Waals surface area (Å²) in [6.07, 6.45) is 3.62. The number of carboxylic acids is 1. The van der Waals surface area contributed by atoms with Gasteiger partial charge in [0.15, 0.2) is 0 Å². The van der Waals surface area contributed by atoms with Crippen molar-refractivity contribution in [2.45, 2.75) is 33.1 Å². The molecule has 1 N–H and O–H groups in total. The van der Waals surface area contributed by atoms with E-state index in [9.17, 15) is 4.79 Å². The molecular formula is C14H21NO2. The van der Waals surface area contributed by atoms with Crippen LogP contribution in [0, 0.1) is 6.92 Å². The van der Waals surface area contributed by atoms with Gasteiger partial charge in [-0.05, 0) is 37.1 Å². The number of anilines is 1. The third-order valence-electron chi connectivity index (χ3n) is 2.95. The number of rotatable bonds is 6. The van der Waals surface area contributed by atoms with Crippen molar-refractivity contribution in [2.24, 2.45) is 0 Å². The molecular weight excluding hydrogens is 214 g/mol. The lowest BCUT2D eigenvalue weighted by Crippen LogP contribution is -2.19. The highest BCUT2D eigenvalue weighted by molar-refractivity contribution is 5.88. The van der Waals surface area contributed by atoms with E-state index in [4.69, 9.17) is 5.11 Å². The second kappa shape index (κ2) is 6.28. The van der Waals surface area contributed by atoms with Gasteiger partial charge >= 0.3 is 5.97 Å².